The third kappa shape index (κ3) is 4.81. The molecule has 21 heavy (non-hydrogen) atoms. The fourth-order valence-corrected chi connectivity index (χ4v) is 1.73. The Bertz CT molecular complexity index is 524. The van der Waals surface area contributed by atoms with Crippen LogP contribution in [0.1, 0.15) is 11.5 Å². The lowest BCUT2D eigenvalue weighted by Crippen LogP contribution is -2.33. The first kappa shape index (κ1) is 14.9. The van der Waals surface area contributed by atoms with Crippen LogP contribution in [0.5, 0.6) is 0 Å². The average molecular weight is 293 g/mol. The van der Waals surface area contributed by atoms with Gasteiger partial charge in [-0.05, 0) is 24.3 Å². The molecule has 0 atom stereocenters. The van der Waals surface area contributed by atoms with Crippen molar-refractivity contribution in [1.29, 1.82) is 0 Å². The smallest absolute Gasteiger partial charge is 0.329 e. The van der Waals surface area contributed by atoms with Gasteiger partial charge in [0.25, 0.3) is 0 Å². The summed E-state index contributed by atoms with van der Waals surface area (Å²) in [6.07, 6.45) is 3.04. The van der Waals surface area contributed by atoms with Gasteiger partial charge in [0, 0.05) is 0 Å². The molecule has 0 saturated heterocycles. The lowest BCUT2D eigenvalue weighted by Gasteiger charge is -2.20. The summed E-state index contributed by atoms with van der Waals surface area (Å²) in [7, 11) is 0. The van der Waals surface area contributed by atoms with Gasteiger partial charge in [0.15, 0.2) is 0 Å². The highest BCUT2D eigenvalue weighted by Gasteiger charge is 2.17. The molecule has 0 aliphatic heterocycles. The van der Waals surface area contributed by atoms with Crippen molar-refractivity contribution in [2.45, 2.75) is 13.1 Å². The summed E-state index contributed by atoms with van der Waals surface area (Å²) in [6.45, 7) is -0.319. The van der Waals surface area contributed by atoms with Crippen LogP contribution in [0.3, 0.4) is 0 Å². The summed E-state index contributed by atoms with van der Waals surface area (Å²) < 4.78 is 15.3. The third-order valence-corrected chi connectivity index (χ3v) is 2.66. The normalized spacial score (nSPS) is 10.5. The van der Waals surface area contributed by atoms with E-state index in [0.29, 0.717) is 11.5 Å². The molecule has 0 saturated carbocycles. The Morgan fingerprint density at radius 1 is 1.05 bits per heavy atom. The predicted molar refractivity (Wildman–Crippen MR) is 70.1 cm³/mol. The lowest BCUT2D eigenvalue weighted by atomic mass is 10.3. The summed E-state index contributed by atoms with van der Waals surface area (Å²) in [5.41, 5.74) is 0. The number of carboxylic acid groups (broad SMARTS) is 1. The van der Waals surface area contributed by atoms with E-state index in [1.165, 1.54) is 17.4 Å². The minimum Gasteiger partial charge on any atom is -0.480 e. The number of nitrogens with zero attached hydrogens (tertiary/aromatic N) is 1. The number of carbonyl (C=O) groups excluding carboxylic acids is 1. The van der Waals surface area contributed by atoms with Crippen molar-refractivity contribution in [3.63, 3.8) is 0 Å². The number of rotatable bonds is 8. The van der Waals surface area contributed by atoms with Gasteiger partial charge in [-0.1, -0.05) is 0 Å². The Hall–Kier alpha value is -2.54. The molecule has 0 radical (unpaired) electrons. The summed E-state index contributed by atoms with van der Waals surface area (Å²) in [5.74, 6) is -0.225. The Kier molecular flexibility index (Phi) is 5.16. The van der Waals surface area contributed by atoms with Crippen LogP contribution in [-0.2, 0) is 27.4 Å². The molecule has 0 unspecified atom stereocenters. The SMILES string of the molecule is O=C(O)COCC(=O)N(Cc1ccco1)Cc1ccco1. The van der Waals surface area contributed by atoms with Crippen molar-refractivity contribution in [3.8, 4) is 0 Å². The van der Waals surface area contributed by atoms with E-state index in [1.807, 2.05) is 0 Å². The van der Waals surface area contributed by atoms with E-state index in [1.54, 1.807) is 24.3 Å². The molecule has 112 valence electrons. The van der Waals surface area contributed by atoms with E-state index < -0.39 is 12.6 Å². The Morgan fingerprint density at radius 3 is 2.05 bits per heavy atom. The molecule has 2 heterocycles. The third-order valence-electron chi connectivity index (χ3n) is 2.66. The van der Waals surface area contributed by atoms with Crippen molar-refractivity contribution < 1.29 is 28.3 Å². The number of hydrogen-bond acceptors (Lipinski definition) is 5. The maximum atomic E-state index is 12.1. The molecular formula is C14H15NO6. The van der Waals surface area contributed by atoms with Crippen LogP contribution in [0.4, 0.5) is 0 Å². The molecule has 2 rings (SSSR count). The van der Waals surface area contributed by atoms with E-state index in [2.05, 4.69) is 0 Å². The van der Waals surface area contributed by atoms with E-state index >= 15 is 0 Å². The van der Waals surface area contributed by atoms with Crippen LogP contribution in [0.25, 0.3) is 0 Å². The number of aliphatic carboxylic acids is 1. The van der Waals surface area contributed by atoms with Gasteiger partial charge in [0.1, 0.15) is 24.7 Å². The molecule has 7 heteroatoms. The first-order valence-corrected chi connectivity index (χ1v) is 6.27. The van der Waals surface area contributed by atoms with Gasteiger partial charge in [-0.2, -0.15) is 0 Å². The maximum absolute atomic E-state index is 12.1. The Morgan fingerprint density at radius 2 is 1.62 bits per heavy atom. The first-order valence-electron chi connectivity index (χ1n) is 6.27. The van der Waals surface area contributed by atoms with Gasteiger partial charge >= 0.3 is 5.97 Å². The summed E-state index contributed by atoms with van der Waals surface area (Å²) in [6, 6.07) is 6.96. The van der Waals surface area contributed by atoms with Crippen molar-refractivity contribution >= 4 is 11.9 Å². The fourth-order valence-electron chi connectivity index (χ4n) is 1.73. The van der Waals surface area contributed by atoms with Crippen LogP contribution < -0.4 is 0 Å². The molecular weight excluding hydrogens is 278 g/mol. The number of amides is 1. The van der Waals surface area contributed by atoms with E-state index in [0.717, 1.165) is 0 Å². The van der Waals surface area contributed by atoms with Crippen molar-refractivity contribution in [1.82, 2.24) is 4.90 Å². The molecule has 2 aromatic heterocycles. The van der Waals surface area contributed by atoms with Crippen molar-refractivity contribution in [2.24, 2.45) is 0 Å². The van der Waals surface area contributed by atoms with Crippen LogP contribution in [0.15, 0.2) is 45.6 Å². The number of furan rings is 2. The molecule has 0 fully saturated rings. The highest BCUT2D eigenvalue weighted by Crippen LogP contribution is 2.11. The van der Waals surface area contributed by atoms with Gasteiger partial charge in [-0.25, -0.2) is 4.79 Å². The van der Waals surface area contributed by atoms with Crippen molar-refractivity contribution in [3.05, 3.63) is 48.3 Å². The van der Waals surface area contributed by atoms with Gasteiger partial charge in [0.2, 0.25) is 5.91 Å². The van der Waals surface area contributed by atoms with Crippen LogP contribution in [-0.4, -0.2) is 35.1 Å². The molecule has 0 spiro atoms. The van der Waals surface area contributed by atoms with E-state index in [4.69, 9.17) is 18.7 Å². The Labute approximate surface area is 120 Å². The number of ether oxygens (including phenoxy) is 1. The number of carbonyl (C=O) groups is 2. The molecule has 0 aromatic carbocycles. The highest BCUT2D eigenvalue weighted by atomic mass is 16.5. The second-order valence-electron chi connectivity index (χ2n) is 4.30. The molecule has 2 aromatic rings. The van der Waals surface area contributed by atoms with E-state index in [9.17, 15) is 9.59 Å². The van der Waals surface area contributed by atoms with Gasteiger partial charge < -0.3 is 23.6 Å². The topological polar surface area (TPSA) is 93.1 Å². The lowest BCUT2D eigenvalue weighted by molar-refractivity contribution is -0.146. The zero-order valence-corrected chi connectivity index (χ0v) is 11.2. The van der Waals surface area contributed by atoms with Crippen molar-refractivity contribution in [2.75, 3.05) is 13.2 Å². The van der Waals surface area contributed by atoms with Crippen LogP contribution in [0.2, 0.25) is 0 Å². The van der Waals surface area contributed by atoms with Gasteiger partial charge in [-0.15, -0.1) is 0 Å². The van der Waals surface area contributed by atoms with Crippen LogP contribution in [0, 0.1) is 0 Å². The Balaban J connectivity index is 1.96. The monoisotopic (exact) mass is 293 g/mol. The van der Waals surface area contributed by atoms with Gasteiger partial charge in [-0.3, -0.25) is 4.79 Å². The molecule has 1 N–H and O–H groups in total. The fraction of sp³-hybridized carbons (Fsp3) is 0.286. The number of carboxylic acids is 1. The minimum absolute atomic E-state index is 0.253. The summed E-state index contributed by atoms with van der Waals surface area (Å²) >= 11 is 0. The second kappa shape index (κ2) is 7.30. The first-order chi connectivity index (χ1) is 10.1. The predicted octanol–water partition coefficient (Wildman–Crippen LogP) is 1.50. The molecule has 0 bridgehead atoms. The number of hydrogen-bond donors (Lipinski definition) is 1. The largest absolute Gasteiger partial charge is 0.480 e. The van der Waals surface area contributed by atoms with Gasteiger partial charge in [0.05, 0.1) is 25.6 Å². The maximum Gasteiger partial charge on any atom is 0.329 e. The minimum atomic E-state index is -1.12. The summed E-state index contributed by atoms with van der Waals surface area (Å²) in [5, 5.41) is 8.50. The summed E-state index contributed by atoms with van der Waals surface area (Å²) in [4.78, 5) is 24.0. The molecule has 1 amide bonds. The molecule has 0 aliphatic rings. The second-order valence-corrected chi connectivity index (χ2v) is 4.30. The van der Waals surface area contributed by atoms with E-state index in [-0.39, 0.29) is 25.6 Å². The highest BCUT2D eigenvalue weighted by molar-refractivity contribution is 5.77. The zero-order valence-electron chi connectivity index (χ0n) is 11.2. The molecule has 0 aliphatic carbocycles. The standard InChI is InChI=1S/C14H15NO6/c16-13(9-19-10-14(17)18)15(7-11-3-1-5-20-11)8-12-4-2-6-21-12/h1-6H,7-10H2,(H,17,18). The zero-order chi connectivity index (χ0) is 15.1. The van der Waals surface area contributed by atoms with Crippen LogP contribution >= 0.6 is 0 Å². The average Bonchev–Trinajstić information content (AvgIpc) is 3.10. The molecule has 7 nitrogen and oxygen atoms in total. The quantitative estimate of drug-likeness (QED) is 0.792.